The minimum atomic E-state index is -0.156. The number of nitriles is 1. The second kappa shape index (κ2) is 5.27. The Hall–Kier alpha value is -2.42. The first kappa shape index (κ1) is 12.0. The predicted octanol–water partition coefficient (Wildman–Crippen LogP) is 1.02. The summed E-state index contributed by atoms with van der Waals surface area (Å²) in [6.07, 6.45) is 2.55. The van der Waals surface area contributed by atoms with E-state index in [0.717, 1.165) is 0 Å². The highest BCUT2D eigenvalue weighted by molar-refractivity contribution is 5.94. The van der Waals surface area contributed by atoms with Crippen molar-refractivity contribution in [3.8, 4) is 6.07 Å². The molecule has 0 aliphatic carbocycles. The molecule has 1 amide bonds. The van der Waals surface area contributed by atoms with Gasteiger partial charge in [0.05, 0.1) is 11.3 Å². The largest absolute Gasteiger partial charge is 0.411 e. The Balaban J connectivity index is 2.05. The summed E-state index contributed by atoms with van der Waals surface area (Å²) in [6.45, 7) is 1.06. The summed E-state index contributed by atoms with van der Waals surface area (Å²) in [5.41, 5.74) is 1.48. The van der Waals surface area contributed by atoms with Crippen LogP contribution in [-0.4, -0.2) is 39.8 Å². The molecule has 2 heterocycles. The number of likely N-dealkylation sites (tertiary alicyclic amines) is 1. The molecule has 6 nitrogen and oxygen atoms in total. The summed E-state index contributed by atoms with van der Waals surface area (Å²) in [4.78, 5) is 17.7. The summed E-state index contributed by atoms with van der Waals surface area (Å²) in [7, 11) is 0. The number of pyridine rings is 1. The fourth-order valence-corrected chi connectivity index (χ4v) is 1.82. The molecular formula is C12H12N4O2. The van der Waals surface area contributed by atoms with E-state index < -0.39 is 0 Å². The van der Waals surface area contributed by atoms with Gasteiger partial charge in [0.2, 0.25) is 0 Å². The van der Waals surface area contributed by atoms with Crippen LogP contribution in [0.5, 0.6) is 0 Å². The molecule has 1 aromatic rings. The van der Waals surface area contributed by atoms with Crippen molar-refractivity contribution in [1.29, 1.82) is 5.26 Å². The van der Waals surface area contributed by atoms with E-state index in [1.165, 1.54) is 6.20 Å². The minimum Gasteiger partial charge on any atom is -0.411 e. The fraction of sp³-hybridized carbons (Fsp3) is 0.333. The first-order chi connectivity index (χ1) is 8.74. The Morgan fingerprint density at radius 3 is 2.67 bits per heavy atom. The molecule has 0 atom stereocenters. The fourth-order valence-electron chi connectivity index (χ4n) is 1.82. The third kappa shape index (κ3) is 2.46. The van der Waals surface area contributed by atoms with Gasteiger partial charge in [0.15, 0.2) is 0 Å². The average Bonchev–Trinajstić information content (AvgIpc) is 2.47. The molecule has 0 bridgehead atoms. The van der Waals surface area contributed by atoms with E-state index in [1.54, 1.807) is 17.0 Å². The number of amides is 1. The lowest BCUT2D eigenvalue weighted by molar-refractivity contribution is 0.0748. The molecule has 1 N–H and O–H groups in total. The van der Waals surface area contributed by atoms with Crippen LogP contribution in [0.2, 0.25) is 0 Å². The van der Waals surface area contributed by atoms with Crippen LogP contribution >= 0.6 is 0 Å². The van der Waals surface area contributed by atoms with Crippen molar-refractivity contribution >= 4 is 11.6 Å². The Morgan fingerprint density at radius 2 is 2.17 bits per heavy atom. The SMILES string of the molecule is N#Cc1ccc(C(=O)N2CCC(=NO)CC2)nc1. The summed E-state index contributed by atoms with van der Waals surface area (Å²) in [5.74, 6) is -0.156. The molecule has 0 aromatic carbocycles. The molecule has 1 aliphatic rings. The van der Waals surface area contributed by atoms with Crippen LogP contribution in [0.3, 0.4) is 0 Å². The van der Waals surface area contributed by atoms with Gasteiger partial charge in [-0.1, -0.05) is 5.16 Å². The zero-order chi connectivity index (χ0) is 13.0. The van der Waals surface area contributed by atoms with E-state index in [9.17, 15) is 4.79 Å². The van der Waals surface area contributed by atoms with Crippen LogP contribution in [0.25, 0.3) is 0 Å². The van der Waals surface area contributed by atoms with Gasteiger partial charge < -0.3 is 10.1 Å². The van der Waals surface area contributed by atoms with E-state index in [0.29, 0.717) is 42.9 Å². The molecule has 0 unspecified atom stereocenters. The Bertz CT molecular complexity index is 506. The lowest BCUT2D eigenvalue weighted by atomic mass is 10.1. The molecule has 6 heteroatoms. The monoisotopic (exact) mass is 244 g/mol. The standard InChI is InChI=1S/C12H12N4O2/c13-7-9-1-2-11(14-8-9)12(17)16-5-3-10(15-18)4-6-16/h1-2,8,18H,3-6H2. The maximum absolute atomic E-state index is 12.1. The van der Waals surface area contributed by atoms with Crippen molar-refractivity contribution in [2.24, 2.45) is 5.16 Å². The van der Waals surface area contributed by atoms with Gasteiger partial charge in [0.1, 0.15) is 11.8 Å². The molecule has 0 radical (unpaired) electrons. The maximum Gasteiger partial charge on any atom is 0.272 e. The molecule has 1 aromatic heterocycles. The van der Waals surface area contributed by atoms with Crippen molar-refractivity contribution < 1.29 is 10.0 Å². The lowest BCUT2D eigenvalue weighted by Gasteiger charge is -2.26. The molecule has 18 heavy (non-hydrogen) atoms. The topological polar surface area (TPSA) is 89.6 Å². The van der Waals surface area contributed by atoms with Crippen LogP contribution in [0.1, 0.15) is 28.9 Å². The summed E-state index contributed by atoms with van der Waals surface area (Å²) in [6, 6.07) is 5.08. The van der Waals surface area contributed by atoms with Crippen LogP contribution in [0.4, 0.5) is 0 Å². The Kier molecular flexibility index (Phi) is 3.53. The molecule has 0 saturated carbocycles. The second-order valence-corrected chi connectivity index (χ2v) is 4.00. The van der Waals surface area contributed by atoms with Gasteiger partial charge in [0, 0.05) is 32.1 Å². The van der Waals surface area contributed by atoms with Crippen molar-refractivity contribution in [2.45, 2.75) is 12.8 Å². The van der Waals surface area contributed by atoms with E-state index in [4.69, 9.17) is 10.5 Å². The van der Waals surface area contributed by atoms with Crippen LogP contribution in [0, 0.1) is 11.3 Å². The number of oxime groups is 1. The van der Waals surface area contributed by atoms with E-state index in [-0.39, 0.29) is 5.91 Å². The molecule has 1 aliphatic heterocycles. The molecule has 1 fully saturated rings. The van der Waals surface area contributed by atoms with Gasteiger partial charge in [-0.2, -0.15) is 5.26 Å². The quantitative estimate of drug-likeness (QED) is 0.590. The van der Waals surface area contributed by atoms with E-state index >= 15 is 0 Å². The zero-order valence-corrected chi connectivity index (χ0v) is 9.70. The Labute approximate surface area is 104 Å². The zero-order valence-electron chi connectivity index (χ0n) is 9.70. The molecule has 2 rings (SSSR count). The van der Waals surface area contributed by atoms with Gasteiger partial charge in [-0.05, 0) is 12.1 Å². The van der Waals surface area contributed by atoms with Gasteiger partial charge in [0.25, 0.3) is 5.91 Å². The number of nitrogens with zero attached hydrogens (tertiary/aromatic N) is 4. The van der Waals surface area contributed by atoms with Crippen molar-refractivity contribution in [3.05, 3.63) is 29.6 Å². The molecule has 0 spiro atoms. The number of hydrogen-bond donors (Lipinski definition) is 1. The Morgan fingerprint density at radius 1 is 1.44 bits per heavy atom. The second-order valence-electron chi connectivity index (χ2n) is 4.00. The highest BCUT2D eigenvalue weighted by Gasteiger charge is 2.21. The van der Waals surface area contributed by atoms with Crippen LogP contribution < -0.4 is 0 Å². The van der Waals surface area contributed by atoms with Gasteiger partial charge in [-0.15, -0.1) is 0 Å². The number of rotatable bonds is 1. The molecule has 92 valence electrons. The number of piperidine rings is 1. The van der Waals surface area contributed by atoms with Gasteiger partial charge in [-0.3, -0.25) is 4.79 Å². The first-order valence-electron chi connectivity index (χ1n) is 5.60. The third-order valence-corrected chi connectivity index (χ3v) is 2.88. The van der Waals surface area contributed by atoms with Crippen LogP contribution in [-0.2, 0) is 0 Å². The third-order valence-electron chi connectivity index (χ3n) is 2.88. The first-order valence-corrected chi connectivity index (χ1v) is 5.60. The smallest absolute Gasteiger partial charge is 0.272 e. The summed E-state index contributed by atoms with van der Waals surface area (Å²) in [5, 5.41) is 20.4. The number of hydrogen-bond acceptors (Lipinski definition) is 5. The normalized spacial score (nSPS) is 15.1. The minimum absolute atomic E-state index is 0.156. The number of carbonyl (C=O) groups is 1. The van der Waals surface area contributed by atoms with Crippen LogP contribution in [0.15, 0.2) is 23.5 Å². The van der Waals surface area contributed by atoms with E-state index in [1.807, 2.05) is 6.07 Å². The molecular weight excluding hydrogens is 232 g/mol. The number of carbonyl (C=O) groups excluding carboxylic acids is 1. The predicted molar refractivity (Wildman–Crippen MR) is 63.3 cm³/mol. The van der Waals surface area contributed by atoms with E-state index in [2.05, 4.69) is 10.1 Å². The highest BCUT2D eigenvalue weighted by atomic mass is 16.4. The maximum atomic E-state index is 12.1. The number of aromatic nitrogens is 1. The molecule has 1 saturated heterocycles. The summed E-state index contributed by atoms with van der Waals surface area (Å²) < 4.78 is 0. The lowest BCUT2D eigenvalue weighted by Crippen LogP contribution is -2.39. The summed E-state index contributed by atoms with van der Waals surface area (Å²) >= 11 is 0. The van der Waals surface area contributed by atoms with Gasteiger partial charge in [-0.25, -0.2) is 4.98 Å². The van der Waals surface area contributed by atoms with Crippen molar-refractivity contribution in [3.63, 3.8) is 0 Å². The van der Waals surface area contributed by atoms with Gasteiger partial charge >= 0.3 is 0 Å². The van der Waals surface area contributed by atoms with Crippen molar-refractivity contribution in [1.82, 2.24) is 9.88 Å². The van der Waals surface area contributed by atoms with Crippen molar-refractivity contribution in [2.75, 3.05) is 13.1 Å². The average molecular weight is 244 g/mol. The highest BCUT2D eigenvalue weighted by Crippen LogP contribution is 2.11.